The summed E-state index contributed by atoms with van der Waals surface area (Å²) in [6.45, 7) is 2.08. The van der Waals surface area contributed by atoms with Gasteiger partial charge >= 0.3 is 0 Å². The highest BCUT2D eigenvalue weighted by molar-refractivity contribution is 7.80. The molecule has 138 valence electrons. The van der Waals surface area contributed by atoms with Crippen LogP contribution in [0.5, 0.6) is 5.75 Å². The van der Waals surface area contributed by atoms with Gasteiger partial charge in [-0.3, -0.25) is 0 Å². The van der Waals surface area contributed by atoms with Crippen LogP contribution in [-0.4, -0.2) is 12.2 Å². The molecular weight excluding hydrogens is 376 g/mol. The molecule has 3 aromatic carbocycles. The van der Waals surface area contributed by atoms with Gasteiger partial charge in [0.05, 0.1) is 18.2 Å². The summed E-state index contributed by atoms with van der Waals surface area (Å²) in [5, 5.41) is 7.67. The average Bonchev–Trinajstić information content (AvgIpc) is 2.67. The Morgan fingerprint density at radius 2 is 1.70 bits per heavy atom. The molecule has 0 saturated carbocycles. The van der Waals surface area contributed by atoms with Crippen molar-refractivity contribution >= 4 is 34.6 Å². The fourth-order valence-corrected chi connectivity index (χ4v) is 3.39. The molecule has 0 aliphatic heterocycles. The van der Waals surface area contributed by atoms with Gasteiger partial charge in [0.15, 0.2) is 5.11 Å². The quantitative estimate of drug-likeness (QED) is 0.539. The van der Waals surface area contributed by atoms with Crippen molar-refractivity contribution in [3.63, 3.8) is 0 Å². The number of hydrogen-bond acceptors (Lipinski definition) is 2. The number of nitrogens with one attached hydrogen (secondary N) is 2. The number of rotatable bonds is 5. The fourth-order valence-electron chi connectivity index (χ4n) is 2.90. The van der Waals surface area contributed by atoms with Crippen LogP contribution in [-0.2, 0) is 0 Å². The van der Waals surface area contributed by atoms with Gasteiger partial charge in [0.25, 0.3) is 0 Å². The zero-order chi connectivity index (χ0) is 19.2. The van der Waals surface area contributed by atoms with E-state index in [-0.39, 0.29) is 6.04 Å². The van der Waals surface area contributed by atoms with Crippen LogP contribution in [0.15, 0.2) is 72.8 Å². The van der Waals surface area contributed by atoms with E-state index in [4.69, 9.17) is 28.6 Å². The molecule has 2 N–H and O–H groups in total. The Labute approximate surface area is 170 Å². The minimum Gasteiger partial charge on any atom is -0.495 e. The SMILES string of the molecule is COc1ccc(NC(=S)NC(c2ccccc2)c2cccc(C)c2)cc1Cl. The predicted molar refractivity (Wildman–Crippen MR) is 117 cm³/mol. The van der Waals surface area contributed by atoms with Crippen molar-refractivity contribution in [3.8, 4) is 5.75 Å². The molecule has 0 bridgehead atoms. The lowest BCUT2D eigenvalue weighted by atomic mass is 9.97. The standard InChI is InChI=1S/C22H21ClN2OS/c1-15-7-6-10-17(13-15)21(16-8-4-3-5-9-16)25-22(27)24-18-11-12-20(26-2)19(23)14-18/h3-14,21H,1-2H3,(H2,24,25,27). The highest BCUT2D eigenvalue weighted by Crippen LogP contribution is 2.28. The van der Waals surface area contributed by atoms with Crippen LogP contribution in [0.25, 0.3) is 0 Å². The Kier molecular flexibility index (Phi) is 6.32. The van der Waals surface area contributed by atoms with Gasteiger partial charge in [-0.25, -0.2) is 0 Å². The first-order valence-corrected chi connectivity index (χ1v) is 9.38. The molecule has 1 unspecified atom stereocenters. The van der Waals surface area contributed by atoms with E-state index < -0.39 is 0 Å². The number of anilines is 1. The molecule has 0 aliphatic carbocycles. The maximum absolute atomic E-state index is 6.20. The van der Waals surface area contributed by atoms with E-state index in [9.17, 15) is 0 Å². The van der Waals surface area contributed by atoms with Crippen LogP contribution in [0.3, 0.4) is 0 Å². The molecular formula is C22H21ClN2OS. The van der Waals surface area contributed by atoms with Gasteiger partial charge in [0.2, 0.25) is 0 Å². The summed E-state index contributed by atoms with van der Waals surface area (Å²) in [5.74, 6) is 0.628. The summed E-state index contributed by atoms with van der Waals surface area (Å²) in [5.41, 5.74) is 4.29. The molecule has 0 radical (unpaired) electrons. The first-order chi connectivity index (χ1) is 13.1. The predicted octanol–water partition coefficient (Wildman–Crippen LogP) is 5.73. The van der Waals surface area contributed by atoms with Crippen molar-refractivity contribution in [1.29, 1.82) is 0 Å². The molecule has 0 saturated heterocycles. The average molecular weight is 397 g/mol. The highest BCUT2D eigenvalue weighted by atomic mass is 35.5. The second-order valence-corrected chi connectivity index (χ2v) is 7.02. The molecule has 3 nitrogen and oxygen atoms in total. The number of hydrogen-bond donors (Lipinski definition) is 2. The van der Waals surface area contributed by atoms with Crippen molar-refractivity contribution in [2.75, 3.05) is 12.4 Å². The lowest BCUT2D eigenvalue weighted by Gasteiger charge is -2.22. The lowest BCUT2D eigenvalue weighted by molar-refractivity contribution is 0.415. The number of ether oxygens (including phenoxy) is 1. The molecule has 3 aromatic rings. The molecule has 5 heteroatoms. The van der Waals surface area contributed by atoms with E-state index in [0.717, 1.165) is 16.8 Å². The van der Waals surface area contributed by atoms with Crippen molar-refractivity contribution in [2.24, 2.45) is 0 Å². The third-order valence-corrected chi connectivity index (χ3v) is 4.71. The van der Waals surface area contributed by atoms with E-state index in [2.05, 4.69) is 54.0 Å². The summed E-state index contributed by atoms with van der Waals surface area (Å²) < 4.78 is 5.19. The van der Waals surface area contributed by atoms with Gasteiger partial charge < -0.3 is 15.4 Å². The topological polar surface area (TPSA) is 33.3 Å². The monoisotopic (exact) mass is 396 g/mol. The number of aryl methyl sites for hydroxylation is 1. The molecule has 0 heterocycles. The van der Waals surface area contributed by atoms with Crippen LogP contribution in [0.1, 0.15) is 22.7 Å². The summed E-state index contributed by atoms with van der Waals surface area (Å²) >= 11 is 11.8. The Morgan fingerprint density at radius 3 is 2.37 bits per heavy atom. The van der Waals surface area contributed by atoms with E-state index in [0.29, 0.717) is 15.9 Å². The number of thiocarbonyl (C=S) groups is 1. The third kappa shape index (κ3) is 5.00. The second kappa shape index (κ2) is 8.89. The van der Waals surface area contributed by atoms with Gasteiger partial charge in [-0.15, -0.1) is 0 Å². The molecule has 0 fully saturated rings. The fraction of sp³-hybridized carbons (Fsp3) is 0.136. The first-order valence-electron chi connectivity index (χ1n) is 8.59. The van der Waals surface area contributed by atoms with Crippen LogP contribution in [0.2, 0.25) is 5.02 Å². The zero-order valence-corrected chi connectivity index (χ0v) is 16.8. The summed E-state index contributed by atoms with van der Waals surface area (Å²) in [7, 11) is 1.59. The Hall–Kier alpha value is -2.56. The van der Waals surface area contributed by atoms with Crippen LogP contribution in [0, 0.1) is 6.92 Å². The van der Waals surface area contributed by atoms with Crippen LogP contribution in [0.4, 0.5) is 5.69 Å². The van der Waals surface area contributed by atoms with Gasteiger partial charge in [-0.1, -0.05) is 71.8 Å². The summed E-state index contributed by atoms with van der Waals surface area (Å²) in [6, 6.07) is 24.1. The van der Waals surface area contributed by atoms with Crippen molar-refractivity contribution in [3.05, 3.63) is 94.5 Å². The molecule has 3 rings (SSSR count). The summed E-state index contributed by atoms with van der Waals surface area (Å²) in [6.07, 6.45) is 0. The molecule has 27 heavy (non-hydrogen) atoms. The third-order valence-electron chi connectivity index (χ3n) is 4.19. The number of halogens is 1. The Bertz CT molecular complexity index is 931. The van der Waals surface area contributed by atoms with Crippen molar-refractivity contribution < 1.29 is 4.74 Å². The minimum atomic E-state index is -0.0557. The van der Waals surface area contributed by atoms with Gasteiger partial charge in [-0.05, 0) is 48.5 Å². The minimum absolute atomic E-state index is 0.0557. The van der Waals surface area contributed by atoms with Gasteiger partial charge in [-0.2, -0.15) is 0 Å². The molecule has 0 aromatic heterocycles. The van der Waals surface area contributed by atoms with E-state index in [1.165, 1.54) is 5.56 Å². The van der Waals surface area contributed by atoms with Crippen molar-refractivity contribution in [1.82, 2.24) is 5.32 Å². The lowest BCUT2D eigenvalue weighted by Crippen LogP contribution is -2.33. The van der Waals surface area contributed by atoms with E-state index >= 15 is 0 Å². The normalized spacial score (nSPS) is 11.5. The summed E-state index contributed by atoms with van der Waals surface area (Å²) in [4.78, 5) is 0. The van der Waals surface area contributed by atoms with Crippen LogP contribution < -0.4 is 15.4 Å². The Morgan fingerprint density at radius 1 is 0.963 bits per heavy atom. The largest absolute Gasteiger partial charge is 0.495 e. The van der Waals surface area contributed by atoms with E-state index in [1.807, 2.05) is 30.3 Å². The smallest absolute Gasteiger partial charge is 0.171 e. The number of benzene rings is 3. The molecule has 1 atom stereocenters. The van der Waals surface area contributed by atoms with E-state index in [1.54, 1.807) is 13.2 Å². The maximum Gasteiger partial charge on any atom is 0.171 e. The second-order valence-electron chi connectivity index (χ2n) is 6.21. The van der Waals surface area contributed by atoms with Crippen molar-refractivity contribution in [2.45, 2.75) is 13.0 Å². The molecule has 0 aliphatic rings. The van der Waals surface area contributed by atoms with Crippen LogP contribution >= 0.6 is 23.8 Å². The Balaban J connectivity index is 1.81. The molecule has 0 spiro atoms. The van der Waals surface area contributed by atoms with Gasteiger partial charge in [0.1, 0.15) is 5.75 Å². The van der Waals surface area contributed by atoms with Gasteiger partial charge in [0, 0.05) is 5.69 Å². The highest BCUT2D eigenvalue weighted by Gasteiger charge is 2.15. The first kappa shape index (κ1) is 19.2. The zero-order valence-electron chi connectivity index (χ0n) is 15.2. The molecule has 0 amide bonds. The number of methoxy groups -OCH3 is 1. The maximum atomic E-state index is 6.20.